The minimum absolute atomic E-state index is 0.616. The highest BCUT2D eigenvalue weighted by Crippen LogP contribution is 2.11. The lowest BCUT2D eigenvalue weighted by molar-refractivity contribution is 0.547. The molecule has 0 spiro atoms. The number of allylic oxidation sites excluding steroid dienone is 1. The predicted octanol–water partition coefficient (Wildman–Crippen LogP) is 5.14. The van der Waals surface area contributed by atoms with Crippen molar-refractivity contribution in [2.45, 2.75) is 77.0 Å². The highest BCUT2D eigenvalue weighted by molar-refractivity contribution is 4.65. The van der Waals surface area contributed by atoms with Gasteiger partial charge in [0.25, 0.3) is 0 Å². The second kappa shape index (κ2) is 14.7. The van der Waals surface area contributed by atoms with E-state index in [4.69, 9.17) is 5.73 Å². The van der Waals surface area contributed by atoms with Crippen molar-refractivity contribution in [3.8, 4) is 0 Å². The zero-order valence-electron chi connectivity index (χ0n) is 11.0. The van der Waals surface area contributed by atoms with E-state index < -0.39 is 0 Å². The fourth-order valence-electron chi connectivity index (χ4n) is 2.00. The summed E-state index contributed by atoms with van der Waals surface area (Å²) in [4.78, 5) is 0. The molecule has 0 bridgehead atoms. The standard InChI is InChI=1S/C15H30N/c1-2-3-4-5-6-7-8-9-10-11-12-13-14-15-16/h2,16H,1,3-15H2. The molecule has 0 saturated carbocycles. The van der Waals surface area contributed by atoms with Crippen molar-refractivity contribution in [1.82, 2.24) is 5.73 Å². The maximum Gasteiger partial charge on any atom is 0.00997 e. The van der Waals surface area contributed by atoms with Crippen LogP contribution < -0.4 is 5.73 Å². The zero-order chi connectivity index (χ0) is 11.9. The molecular formula is C15H30N. The third-order valence-electron chi connectivity index (χ3n) is 3.09. The highest BCUT2D eigenvalue weighted by atomic mass is 14.5. The van der Waals surface area contributed by atoms with Gasteiger partial charge in [-0.1, -0.05) is 63.9 Å². The molecule has 0 amide bonds. The molecule has 1 radical (unpaired) electrons. The molecule has 95 valence electrons. The van der Waals surface area contributed by atoms with Gasteiger partial charge in [0.15, 0.2) is 0 Å². The second-order valence-corrected chi connectivity index (χ2v) is 4.72. The van der Waals surface area contributed by atoms with Gasteiger partial charge in [0, 0.05) is 6.54 Å². The number of nitrogens with one attached hydrogen (secondary N) is 1. The van der Waals surface area contributed by atoms with Gasteiger partial charge in [0.2, 0.25) is 0 Å². The van der Waals surface area contributed by atoms with Crippen LogP contribution in [0, 0.1) is 0 Å². The van der Waals surface area contributed by atoms with Crippen LogP contribution in [-0.2, 0) is 0 Å². The Morgan fingerprint density at radius 3 is 1.38 bits per heavy atom. The highest BCUT2D eigenvalue weighted by Gasteiger charge is 1.92. The van der Waals surface area contributed by atoms with Gasteiger partial charge in [0.1, 0.15) is 0 Å². The van der Waals surface area contributed by atoms with E-state index in [-0.39, 0.29) is 0 Å². The summed E-state index contributed by atoms with van der Waals surface area (Å²) in [6.45, 7) is 4.35. The Morgan fingerprint density at radius 1 is 0.625 bits per heavy atom. The lowest BCUT2D eigenvalue weighted by Gasteiger charge is -2.01. The van der Waals surface area contributed by atoms with E-state index in [1.807, 2.05) is 6.08 Å². The number of hydrogen-bond acceptors (Lipinski definition) is 0. The van der Waals surface area contributed by atoms with Crippen molar-refractivity contribution in [2.75, 3.05) is 6.54 Å². The molecule has 0 aromatic heterocycles. The fourth-order valence-corrected chi connectivity index (χ4v) is 2.00. The first kappa shape index (κ1) is 15.7. The molecule has 1 heteroatoms. The number of hydrogen-bond donors (Lipinski definition) is 0. The van der Waals surface area contributed by atoms with Crippen LogP contribution >= 0.6 is 0 Å². The maximum atomic E-state index is 7.04. The molecule has 0 aromatic carbocycles. The van der Waals surface area contributed by atoms with E-state index in [0.717, 1.165) is 6.42 Å². The summed E-state index contributed by atoms with van der Waals surface area (Å²) in [6, 6.07) is 0. The van der Waals surface area contributed by atoms with Crippen molar-refractivity contribution in [3.05, 3.63) is 12.7 Å². The van der Waals surface area contributed by atoms with Crippen molar-refractivity contribution in [2.24, 2.45) is 0 Å². The molecule has 0 aromatic rings. The number of rotatable bonds is 13. The van der Waals surface area contributed by atoms with Crippen molar-refractivity contribution in [3.63, 3.8) is 0 Å². The van der Waals surface area contributed by atoms with E-state index in [1.165, 1.54) is 70.6 Å². The van der Waals surface area contributed by atoms with E-state index in [2.05, 4.69) is 6.58 Å². The van der Waals surface area contributed by atoms with Crippen LogP contribution in [0.25, 0.3) is 0 Å². The first-order chi connectivity index (χ1) is 7.91. The molecular weight excluding hydrogens is 194 g/mol. The van der Waals surface area contributed by atoms with Gasteiger partial charge < -0.3 is 0 Å². The Balaban J connectivity index is 2.85. The Hall–Kier alpha value is -0.300. The van der Waals surface area contributed by atoms with Gasteiger partial charge in [-0.15, -0.1) is 6.58 Å². The Bertz CT molecular complexity index is 131. The van der Waals surface area contributed by atoms with Gasteiger partial charge in [0.05, 0.1) is 0 Å². The second-order valence-electron chi connectivity index (χ2n) is 4.72. The summed E-state index contributed by atoms with van der Waals surface area (Å²) in [5, 5.41) is 0. The minimum Gasteiger partial charge on any atom is -0.258 e. The van der Waals surface area contributed by atoms with E-state index in [1.54, 1.807) is 0 Å². The Morgan fingerprint density at radius 2 is 1.00 bits per heavy atom. The molecule has 0 atom stereocenters. The lowest BCUT2D eigenvalue weighted by atomic mass is 10.1. The third kappa shape index (κ3) is 13.7. The van der Waals surface area contributed by atoms with Crippen LogP contribution in [0.4, 0.5) is 0 Å². The largest absolute Gasteiger partial charge is 0.258 e. The zero-order valence-corrected chi connectivity index (χ0v) is 11.0. The lowest BCUT2D eigenvalue weighted by Crippen LogP contribution is -1.86. The van der Waals surface area contributed by atoms with E-state index in [0.29, 0.717) is 6.54 Å². The Kier molecular flexibility index (Phi) is 14.4. The van der Waals surface area contributed by atoms with Gasteiger partial charge in [-0.2, -0.15) is 0 Å². The molecule has 0 unspecified atom stereocenters. The van der Waals surface area contributed by atoms with Gasteiger partial charge in [-0.05, 0) is 19.3 Å². The first-order valence-electron chi connectivity index (χ1n) is 7.17. The quantitative estimate of drug-likeness (QED) is 0.306. The molecule has 0 aliphatic rings. The molecule has 1 N–H and O–H groups in total. The van der Waals surface area contributed by atoms with Crippen molar-refractivity contribution >= 4 is 0 Å². The van der Waals surface area contributed by atoms with Crippen LogP contribution in [-0.4, -0.2) is 6.54 Å². The van der Waals surface area contributed by atoms with Gasteiger partial charge >= 0.3 is 0 Å². The topological polar surface area (TPSA) is 23.8 Å². The van der Waals surface area contributed by atoms with Crippen molar-refractivity contribution in [1.29, 1.82) is 0 Å². The predicted molar refractivity (Wildman–Crippen MR) is 73.6 cm³/mol. The summed E-state index contributed by atoms with van der Waals surface area (Å²) in [7, 11) is 0. The average Bonchev–Trinajstić information content (AvgIpc) is 2.31. The van der Waals surface area contributed by atoms with Crippen LogP contribution in [0.2, 0.25) is 0 Å². The molecule has 0 aliphatic carbocycles. The van der Waals surface area contributed by atoms with Gasteiger partial charge in [-0.3, -0.25) is 5.73 Å². The molecule has 1 nitrogen and oxygen atoms in total. The summed E-state index contributed by atoms with van der Waals surface area (Å²) < 4.78 is 0. The van der Waals surface area contributed by atoms with Crippen molar-refractivity contribution < 1.29 is 0 Å². The monoisotopic (exact) mass is 224 g/mol. The molecule has 0 fully saturated rings. The molecule has 16 heavy (non-hydrogen) atoms. The van der Waals surface area contributed by atoms with Crippen LogP contribution in [0.1, 0.15) is 77.0 Å². The normalized spacial score (nSPS) is 10.6. The number of unbranched alkanes of at least 4 members (excludes halogenated alkanes) is 11. The van der Waals surface area contributed by atoms with E-state index >= 15 is 0 Å². The molecule has 0 aliphatic heterocycles. The molecule has 0 heterocycles. The summed E-state index contributed by atoms with van der Waals surface area (Å²) in [5.74, 6) is 0. The SMILES string of the molecule is C=CCCCCCCCCCCCCC[NH]. The smallest absolute Gasteiger partial charge is 0.00997 e. The minimum atomic E-state index is 0.616. The third-order valence-corrected chi connectivity index (χ3v) is 3.09. The van der Waals surface area contributed by atoms with Gasteiger partial charge in [-0.25, -0.2) is 0 Å². The van der Waals surface area contributed by atoms with Crippen LogP contribution in [0.5, 0.6) is 0 Å². The molecule has 0 rings (SSSR count). The Labute approximate surface area is 102 Å². The summed E-state index contributed by atoms with van der Waals surface area (Å²) in [6.07, 6.45) is 18.1. The molecule has 0 saturated heterocycles. The maximum absolute atomic E-state index is 7.04. The fraction of sp³-hybridized carbons (Fsp3) is 0.867. The summed E-state index contributed by atoms with van der Waals surface area (Å²) in [5.41, 5.74) is 7.04. The summed E-state index contributed by atoms with van der Waals surface area (Å²) >= 11 is 0. The van der Waals surface area contributed by atoms with Crippen LogP contribution in [0.15, 0.2) is 12.7 Å². The van der Waals surface area contributed by atoms with Crippen LogP contribution in [0.3, 0.4) is 0 Å². The van der Waals surface area contributed by atoms with E-state index in [9.17, 15) is 0 Å². The first-order valence-corrected chi connectivity index (χ1v) is 7.17. The average molecular weight is 224 g/mol.